The van der Waals surface area contributed by atoms with Crippen molar-refractivity contribution in [2.45, 2.75) is 25.8 Å². The fraction of sp³-hybridized carbons (Fsp3) is 0.400. The summed E-state index contributed by atoms with van der Waals surface area (Å²) in [6.07, 6.45) is 2.15. The van der Waals surface area contributed by atoms with Gasteiger partial charge in [-0.25, -0.2) is 0 Å². The van der Waals surface area contributed by atoms with Gasteiger partial charge in [0, 0.05) is 11.7 Å². The topological polar surface area (TPSA) is 52.0 Å². The molecule has 0 spiro atoms. The minimum Gasteiger partial charge on any atom is -0.399 e. The Morgan fingerprint density at radius 1 is 1.42 bits per heavy atom. The molecule has 0 unspecified atom stereocenters. The van der Waals surface area contributed by atoms with Crippen molar-refractivity contribution in [1.82, 2.24) is 0 Å². The van der Waals surface area contributed by atoms with Crippen LogP contribution in [-0.2, 0) is 6.42 Å². The van der Waals surface area contributed by atoms with Crippen molar-refractivity contribution in [3.05, 3.63) is 28.8 Å². The van der Waals surface area contributed by atoms with Gasteiger partial charge in [-0.1, -0.05) is 6.07 Å². The Morgan fingerprint density at radius 3 is 2.92 bits per heavy atom. The molecule has 2 rings (SSSR count). The lowest BCUT2D eigenvalue weighted by Crippen LogP contribution is -2.05. The molecule has 0 saturated carbocycles. The van der Waals surface area contributed by atoms with Crippen LogP contribution in [0, 0.1) is 6.92 Å². The van der Waals surface area contributed by atoms with E-state index in [0.717, 1.165) is 24.1 Å². The molecule has 1 aromatic rings. The first-order valence-electron chi connectivity index (χ1n) is 4.33. The Hall–Kier alpha value is -1.02. The summed E-state index contributed by atoms with van der Waals surface area (Å²) in [5.41, 5.74) is 16.4. The highest BCUT2D eigenvalue weighted by Gasteiger charge is 2.19. The predicted molar refractivity (Wildman–Crippen MR) is 50.8 cm³/mol. The van der Waals surface area contributed by atoms with Crippen LogP contribution in [0.3, 0.4) is 0 Å². The zero-order chi connectivity index (χ0) is 8.72. The second-order valence-electron chi connectivity index (χ2n) is 3.55. The highest BCUT2D eigenvalue weighted by Crippen LogP contribution is 2.32. The van der Waals surface area contributed by atoms with Crippen molar-refractivity contribution in [2.24, 2.45) is 5.73 Å². The van der Waals surface area contributed by atoms with Crippen molar-refractivity contribution in [1.29, 1.82) is 0 Å². The molecule has 1 aliphatic carbocycles. The minimum atomic E-state index is 0.235. The van der Waals surface area contributed by atoms with Gasteiger partial charge in [-0.05, 0) is 42.5 Å². The van der Waals surface area contributed by atoms with E-state index >= 15 is 0 Å². The van der Waals surface area contributed by atoms with Gasteiger partial charge in [-0.2, -0.15) is 0 Å². The van der Waals surface area contributed by atoms with Crippen LogP contribution in [0.1, 0.15) is 29.2 Å². The molecule has 1 atom stereocenters. The van der Waals surface area contributed by atoms with Crippen molar-refractivity contribution in [3.63, 3.8) is 0 Å². The quantitative estimate of drug-likeness (QED) is 0.568. The van der Waals surface area contributed by atoms with Crippen LogP contribution in [0.25, 0.3) is 0 Å². The van der Waals surface area contributed by atoms with Crippen molar-refractivity contribution < 1.29 is 0 Å². The number of hydrogen-bond donors (Lipinski definition) is 2. The number of nitrogens with two attached hydrogens (primary N) is 2. The van der Waals surface area contributed by atoms with Gasteiger partial charge < -0.3 is 11.5 Å². The standard InChI is InChI=1S/C10H14N2/c1-6-4-8-7(5-10(6)12)2-3-9(8)11/h4-5,9H,2-3,11-12H2,1H3/t9-/m1/s1. The van der Waals surface area contributed by atoms with Crippen LogP contribution in [0.2, 0.25) is 0 Å². The maximum atomic E-state index is 5.92. The molecule has 4 N–H and O–H groups in total. The number of rotatable bonds is 0. The molecule has 0 amide bonds. The number of nitrogen functional groups attached to an aromatic ring is 1. The van der Waals surface area contributed by atoms with E-state index in [1.807, 2.05) is 6.92 Å². The Labute approximate surface area is 72.6 Å². The Kier molecular flexibility index (Phi) is 1.58. The molecule has 0 heterocycles. The van der Waals surface area contributed by atoms with E-state index in [9.17, 15) is 0 Å². The van der Waals surface area contributed by atoms with Crippen LogP contribution in [-0.4, -0.2) is 0 Å². The first-order chi connectivity index (χ1) is 5.68. The lowest BCUT2D eigenvalue weighted by molar-refractivity contribution is 0.713. The van der Waals surface area contributed by atoms with Gasteiger partial charge in [-0.15, -0.1) is 0 Å². The van der Waals surface area contributed by atoms with E-state index < -0.39 is 0 Å². The van der Waals surface area contributed by atoms with Crippen molar-refractivity contribution >= 4 is 5.69 Å². The van der Waals surface area contributed by atoms with E-state index in [0.29, 0.717) is 0 Å². The van der Waals surface area contributed by atoms with Crippen LogP contribution in [0.5, 0.6) is 0 Å². The SMILES string of the molecule is Cc1cc2c(cc1N)CC[C@H]2N. The molecule has 2 heteroatoms. The third-order valence-electron chi connectivity index (χ3n) is 2.65. The third kappa shape index (κ3) is 0.994. The van der Waals surface area contributed by atoms with Gasteiger partial charge in [0.05, 0.1) is 0 Å². The maximum Gasteiger partial charge on any atom is 0.0346 e. The number of anilines is 1. The summed E-state index contributed by atoms with van der Waals surface area (Å²) in [4.78, 5) is 0. The molecule has 12 heavy (non-hydrogen) atoms. The molecule has 0 fully saturated rings. The highest BCUT2D eigenvalue weighted by molar-refractivity contribution is 5.53. The van der Waals surface area contributed by atoms with E-state index in [4.69, 9.17) is 11.5 Å². The number of benzene rings is 1. The summed E-state index contributed by atoms with van der Waals surface area (Å²) < 4.78 is 0. The van der Waals surface area contributed by atoms with Crippen molar-refractivity contribution in [2.75, 3.05) is 5.73 Å². The first-order valence-corrected chi connectivity index (χ1v) is 4.33. The number of aryl methyl sites for hydroxylation is 2. The number of fused-ring (bicyclic) bond motifs is 1. The molecule has 0 aromatic heterocycles. The fourth-order valence-electron chi connectivity index (χ4n) is 1.82. The van der Waals surface area contributed by atoms with E-state index in [1.54, 1.807) is 0 Å². The second-order valence-corrected chi connectivity index (χ2v) is 3.55. The second kappa shape index (κ2) is 2.49. The molecule has 0 radical (unpaired) electrons. The molecule has 1 aliphatic rings. The van der Waals surface area contributed by atoms with Gasteiger partial charge in [0.1, 0.15) is 0 Å². The van der Waals surface area contributed by atoms with Crippen LogP contribution in [0.15, 0.2) is 12.1 Å². The number of hydrogen-bond acceptors (Lipinski definition) is 2. The van der Waals surface area contributed by atoms with Crippen LogP contribution < -0.4 is 11.5 Å². The molecular weight excluding hydrogens is 148 g/mol. The van der Waals surface area contributed by atoms with E-state index in [1.165, 1.54) is 11.1 Å². The van der Waals surface area contributed by atoms with Crippen LogP contribution >= 0.6 is 0 Å². The Balaban J connectivity index is 2.56. The van der Waals surface area contributed by atoms with Gasteiger partial charge in [0.2, 0.25) is 0 Å². The maximum absolute atomic E-state index is 5.92. The monoisotopic (exact) mass is 162 g/mol. The zero-order valence-electron chi connectivity index (χ0n) is 7.30. The average Bonchev–Trinajstić information content (AvgIpc) is 2.35. The molecule has 1 aromatic carbocycles. The summed E-state index contributed by atoms with van der Waals surface area (Å²) in [7, 11) is 0. The fourth-order valence-corrected chi connectivity index (χ4v) is 1.82. The molecule has 0 aliphatic heterocycles. The van der Waals surface area contributed by atoms with E-state index in [2.05, 4.69) is 12.1 Å². The summed E-state index contributed by atoms with van der Waals surface area (Å²) in [6.45, 7) is 2.03. The summed E-state index contributed by atoms with van der Waals surface area (Å²) in [5, 5.41) is 0. The average molecular weight is 162 g/mol. The zero-order valence-corrected chi connectivity index (χ0v) is 7.30. The third-order valence-corrected chi connectivity index (χ3v) is 2.65. The molecule has 64 valence electrons. The molecule has 0 bridgehead atoms. The summed E-state index contributed by atoms with van der Waals surface area (Å²) in [6, 6.07) is 4.43. The Morgan fingerprint density at radius 2 is 2.17 bits per heavy atom. The normalized spacial score (nSPS) is 21.0. The van der Waals surface area contributed by atoms with Crippen LogP contribution in [0.4, 0.5) is 5.69 Å². The summed E-state index contributed by atoms with van der Waals surface area (Å²) >= 11 is 0. The van der Waals surface area contributed by atoms with Gasteiger partial charge >= 0.3 is 0 Å². The first kappa shape index (κ1) is 7.62. The molecular formula is C10H14N2. The molecule has 2 nitrogen and oxygen atoms in total. The van der Waals surface area contributed by atoms with Gasteiger partial charge in [0.25, 0.3) is 0 Å². The smallest absolute Gasteiger partial charge is 0.0346 e. The summed E-state index contributed by atoms with van der Waals surface area (Å²) in [5.74, 6) is 0. The van der Waals surface area contributed by atoms with Crippen molar-refractivity contribution in [3.8, 4) is 0 Å². The lowest BCUT2D eigenvalue weighted by atomic mass is 10.0. The minimum absolute atomic E-state index is 0.235. The van der Waals surface area contributed by atoms with Gasteiger partial charge in [0.15, 0.2) is 0 Å². The highest BCUT2D eigenvalue weighted by atomic mass is 14.7. The predicted octanol–water partition coefficient (Wildman–Crippen LogP) is 1.52. The lowest BCUT2D eigenvalue weighted by Gasteiger charge is -2.07. The van der Waals surface area contributed by atoms with E-state index in [-0.39, 0.29) is 6.04 Å². The molecule has 0 saturated heterocycles. The van der Waals surface area contributed by atoms with Gasteiger partial charge in [-0.3, -0.25) is 0 Å². The Bertz CT molecular complexity index is 318. The largest absolute Gasteiger partial charge is 0.399 e.